The van der Waals surface area contributed by atoms with Gasteiger partial charge in [-0.2, -0.15) is 0 Å². The molecule has 146 valence electrons. The summed E-state index contributed by atoms with van der Waals surface area (Å²) in [6.07, 6.45) is 0. The molecule has 5 rings (SSSR count). The molecule has 0 spiro atoms. The normalized spacial score (nSPS) is 15.2. The summed E-state index contributed by atoms with van der Waals surface area (Å²) in [4.78, 5) is 32.2. The number of carbonyl (C=O) groups excluding carboxylic acids is 1. The van der Waals surface area contributed by atoms with Gasteiger partial charge in [-0.05, 0) is 28.5 Å². The number of amides is 1. The van der Waals surface area contributed by atoms with Gasteiger partial charge >= 0.3 is 0 Å². The van der Waals surface area contributed by atoms with Crippen molar-refractivity contribution in [3.05, 3.63) is 81.5 Å². The molecule has 1 fully saturated rings. The average molecular weight is 404 g/mol. The van der Waals surface area contributed by atoms with Crippen LogP contribution < -0.4 is 5.56 Å². The van der Waals surface area contributed by atoms with E-state index in [9.17, 15) is 9.59 Å². The number of hydrogen-bond acceptors (Lipinski definition) is 4. The second-order valence-electron chi connectivity index (χ2n) is 7.42. The number of hydrogen-bond donors (Lipinski definition) is 1. The number of rotatable bonds is 3. The summed E-state index contributed by atoms with van der Waals surface area (Å²) in [5.41, 5.74) is 2.30. The predicted molar refractivity (Wildman–Crippen MR) is 118 cm³/mol. The Kier molecular flexibility index (Phi) is 4.66. The van der Waals surface area contributed by atoms with Gasteiger partial charge in [-0.1, -0.05) is 36.4 Å². The molecule has 4 aromatic rings. The lowest BCUT2D eigenvalue weighted by molar-refractivity contribution is 0.0631. The van der Waals surface area contributed by atoms with Crippen molar-refractivity contribution in [2.45, 2.75) is 6.54 Å². The van der Waals surface area contributed by atoms with E-state index in [0.29, 0.717) is 24.2 Å². The Morgan fingerprint density at radius 1 is 0.966 bits per heavy atom. The smallest absolute Gasteiger partial charge is 0.254 e. The molecule has 0 radical (unpaired) electrons. The summed E-state index contributed by atoms with van der Waals surface area (Å²) in [7, 11) is 0. The summed E-state index contributed by atoms with van der Waals surface area (Å²) in [6, 6.07) is 17.4. The Labute approximate surface area is 172 Å². The Balaban J connectivity index is 1.31. The summed E-state index contributed by atoms with van der Waals surface area (Å²) in [6.45, 7) is 3.90. The number of nitrogens with one attached hydrogen (secondary N) is 1. The maximum Gasteiger partial charge on any atom is 0.254 e. The number of para-hydroxylation sites is 1. The molecule has 1 aliphatic rings. The number of pyridine rings is 1. The van der Waals surface area contributed by atoms with E-state index in [-0.39, 0.29) is 11.5 Å². The Bertz CT molecular complexity index is 1250. The van der Waals surface area contributed by atoms with Gasteiger partial charge < -0.3 is 9.88 Å². The highest BCUT2D eigenvalue weighted by Crippen LogP contribution is 2.27. The summed E-state index contributed by atoms with van der Waals surface area (Å²) < 4.78 is 1.32. The van der Waals surface area contributed by atoms with Gasteiger partial charge in [0.25, 0.3) is 5.91 Å². The van der Waals surface area contributed by atoms with Crippen LogP contribution in [-0.4, -0.2) is 46.9 Å². The summed E-state index contributed by atoms with van der Waals surface area (Å²) in [5.74, 6) is -0.0621. The standard InChI is InChI=1S/C23H21N3O2S/c27-22-13-19(18-6-1-3-7-20(18)24-22)23(28)26-11-9-25(10-12-26)14-16-15-29-21-8-4-2-5-17(16)21/h1-8,13,15H,9-12,14H2,(H,24,27). The van der Waals surface area contributed by atoms with Gasteiger partial charge in [0.1, 0.15) is 0 Å². The highest BCUT2D eigenvalue weighted by molar-refractivity contribution is 7.17. The number of piperazine rings is 1. The van der Waals surface area contributed by atoms with Gasteiger partial charge in [-0.15, -0.1) is 11.3 Å². The fraction of sp³-hybridized carbons (Fsp3) is 0.217. The van der Waals surface area contributed by atoms with Crippen LogP contribution in [0.2, 0.25) is 0 Å². The van der Waals surface area contributed by atoms with E-state index < -0.39 is 0 Å². The van der Waals surface area contributed by atoms with Gasteiger partial charge in [-0.25, -0.2) is 0 Å². The van der Waals surface area contributed by atoms with Crippen LogP contribution in [-0.2, 0) is 6.54 Å². The van der Waals surface area contributed by atoms with E-state index in [1.807, 2.05) is 29.2 Å². The number of thiophene rings is 1. The zero-order valence-electron chi connectivity index (χ0n) is 15.9. The Morgan fingerprint density at radius 3 is 2.52 bits per heavy atom. The third-order valence-electron chi connectivity index (χ3n) is 5.60. The molecular formula is C23H21N3O2S. The number of H-pyrrole nitrogens is 1. The number of benzene rings is 2. The van der Waals surface area contributed by atoms with Crippen molar-refractivity contribution >= 4 is 38.2 Å². The first kappa shape index (κ1) is 18.1. The molecule has 0 atom stereocenters. The van der Waals surface area contributed by atoms with Crippen LogP contribution >= 0.6 is 11.3 Å². The third kappa shape index (κ3) is 3.45. The highest BCUT2D eigenvalue weighted by Gasteiger charge is 2.24. The van der Waals surface area contributed by atoms with Gasteiger partial charge in [0.15, 0.2) is 0 Å². The van der Waals surface area contributed by atoms with Crippen LogP contribution in [0.1, 0.15) is 15.9 Å². The molecular weight excluding hydrogens is 382 g/mol. The van der Waals surface area contributed by atoms with E-state index in [0.717, 1.165) is 25.0 Å². The van der Waals surface area contributed by atoms with Crippen LogP contribution in [0, 0.1) is 0 Å². The van der Waals surface area contributed by atoms with Crippen molar-refractivity contribution in [1.29, 1.82) is 0 Å². The molecule has 0 unspecified atom stereocenters. The number of aromatic amines is 1. The maximum atomic E-state index is 13.1. The second-order valence-corrected chi connectivity index (χ2v) is 8.33. The summed E-state index contributed by atoms with van der Waals surface area (Å²) in [5, 5.41) is 4.36. The van der Waals surface area contributed by atoms with Gasteiger partial charge in [0.05, 0.1) is 5.56 Å². The fourth-order valence-corrected chi connectivity index (χ4v) is 5.01. The zero-order valence-corrected chi connectivity index (χ0v) is 16.7. The number of nitrogens with zero attached hydrogens (tertiary/aromatic N) is 2. The molecule has 0 aliphatic carbocycles. The first-order valence-corrected chi connectivity index (χ1v) is 10.7. The lowest BCUT2D eigenvalue weighted by Crippen LogP contribution is -2.48. The van der Waals surface area contributed by atoms with E-state index in [1.165, 1.54) is 21.7 Å². The van der Waals surface area contributed by atoms with Crippen LogP contribution in [0.25, 0.3) is 21.0 Å². The molecule has 0 saturated carbocycles. The number of aromatic nitrogens is 1. The average Bonchev–Trinajstić information content (AvgIpc) is 3.16. The van der Waals surface area contributed by atoms with Crippen LogP contribution in [0.4, 0.5) is 0 Å². The van der Waals surface area contributed by atoms with Crippen molar-refractivity contribution < 1.29 is 4.79 Å². The molecule has 1 N–H and O–H groups in total. The molecule has 5 nitrogen and oxygen atoms in total. The lowest BCUT2D eigenvalue weighted by atomic mass is 10.1. The first-order valence-electron chi connectivity index (χ1n) is 9.78. The third-order valence-corrected chi connectivity index (χ3v) is 6.61. The molecule has 1 saturated heterocycles. The van der Waals surface area contributed by atoms with Gasteiger partial charge in [0, 0.05) is 54.4 Å². The van der Waals surface area contributed by atoms with Crippen molar-refractivity contribution in [3.63, 3.8) is 0 Å². The van der Waals surface area contributed by atoms with E-state index in [1.54, 1.807) is 11.3 Å². The molecule has 29 heavy (non-hydrogen) atoms. The zero-order chi connectivity index (χ0) is 19.8. The molecule has 2 aromatic carbocycles. The molecule has 3 heterocycles. The fourth-order valence-electron chi connectivity index (χ4n) is 4.06. The minimum absolute atomic E-state index is 0.0621. The quantitative estimate of drug-likeness (QED) is 0.567. The molecule has 0 bridgehead atoms. The Morgan fingerprint density at radius 2 is 1.69 bits per heavy atom. The topological polar surface area (TPSA) is 56.4 Å². The van der Waals surface area contributed by atoms with Crippen molar-refractivity contribution in [2.75, 3.05) is 26.2 Å². The minimum Gasteiger partial charge on any atom is -0.336 e. The molecule has 2 aromatic heterocycles. The number of carbonyl (C=O) groups is 1. The second kappa shape index (κ2) is 7.46. The molecule has 1 amide bonds. The van der Waals surface area contributed by atoms with E-state index in [2.05, 4.69) is 39.5 Å². The monoisotopic (exact) mass is 403 g/mol. The predicted octanol–water partition coefficient (Wildman–Crippen LogP) is 3.70. The Hall–Kier alpha value is -2.96. The van der Waals surface area contributed by atoms with Crippen molar-refractivity contribution in [1.82, 2.24) is 14.8 Å². The number of fused-ring (bicyclic) bond motifs is 2. The summed E-state index contributed by atoms with van der Waals surface area (Å²) >= 11 is 1.78. The van der Waals surface area contributed by atoms with Crippen LogP contribution in [0.3, 0.4) is 0 Å². The SMILES string of the molecule is O=C(c1cc(=O)[nH]c2ccccc12)N1CCN(Cc2csc3ccccc23)CC1. The van der Waals surface area contributed by atoms with Crippen LogP contribution in [0.15, 0.2) is 64.8 Å². The van der Waals surface area contributed by atoms with E-state index >= 15 is 0 Å². The van der Waals surface area contributed by atoms with Gasteiger partial charge in [-0.3, -0.25) is 14.5 Å². The van der Waals surface area contributed by atoms with E-state index in [4.69, 9.17) is 0 Å². The minimum atomic E-state index is -0.241. The van der Waals surface area contributed by atoms with Crippen molar-refractivity contribution in [3.8, 4) is 0 Å². The van der Waals surface area contributed by atoms with Crippen molar-refractivity contribution in [2.24, 2.45) is 0 Å². The molecule has 6 heteroatoms. The first-order chi connectivity index (χ1) is 14.2. The maximum absolute atomic E-state index is 13.1. The molecule has 1 aliphatic heterocycles. The highest BCUT2D eigenvalue weighted by atomic mass is 32.1. The van der Waals surface area contributed by atoms with Crippen LogP contribution in [0.5, 0.6) is 0 Å². The lowest BCUT2D eigenvalue weighted by Gasteiger charge is -2.34. The largest absolute Gasteiger partial charge is 0.336 e. The van der Waals surface area contributed by atoms with Gasteiger partial charge in [0.2, 0.25) is 5.56 Å².